The van der Waals surface area contributed by atoms with Gasteiger partial charge in [-0.05, 0) is 43.4 Å². The van der Waals surface area contributed by atoms with Crippen LogP contribution in [0.2, 0.25) is 0 Å². The van der Waals surface area contributed by atoms with E-state index >= 15 is 0 Å². The number of rotatable bonds is 8. The van der Waals surface area contributed by atoms with Crippen LogP contribution in [0.5, 0.6) is 0 Å². The summed E-state index contributed by atoms with van der Waals surface area (Å²) in [4.78, 5) is 4.07. The SMILES string of the molecule is Cc1cccc(CS(=O)(=O)NCCCCc2cccnc2)c1. The fourth-order valence-electron chi connectivity index (χ4n) is 2.30. The quantitative estimate of drug-likeness (QED) is 0.761. The van der Waals surface area contributed by atoms with Gasteiger partial charge in [-0.25, -0.2) is 13.1 Å². The number of nitrogens with one attached hydrogen (secondary N) is 1. The van der Waals surface area contributed by atoms with Crippen molar-refractivity contribution in [1.29, 1.82) is 0 Å². The van der Waals surface area contributed by atoms with Crippen LogP contribution in [0.1, 0.15) is 29.5 Å². The second kappa shape index (κ2) is 8.06. The molecule has 5 heteroatoms. The second-order valence-corrected chi connectivity index (χ2v) is 7.27. The van der Waals surface area contributed by atoms with Crippen LogP contribution >= 0.6 is 0 Å². The van der Waals surface area contributed by atoms with E-state index in [1.54, 1.807) is 6.20 Å². The van der Waals surface area contributed by atoms with Crippen LogP contribution in [0, 0.1) is 6.92 Å². The van der Waals surface area contributed by atoms with Crippen LogP contribution in [0.3, 0.4) is 0 Å². The Labute approximate surface area is 132 Å². The van der Waals surface area contributed by atoms with Gasteiger partial charge in [-0.15, -0.1) is 0 Å². The van der Waals surface area contributed by atoms with Gasteiger partial charge >= 0.3 is 0 Å². The van der Waals surface area contributed by atoms with Crippen molar-refractivity contribution in [3.63, 3.8) is 0 Å². The number of hydrogen-bond donors (Lipinski definition) is 1. The first-order valence-electron chi connectivity index (χ1n) is 7.47. The molecule has 0 spiro atoms. The van der Waals surface area contributed by atoms with E-state index in [0.29, 0.717) is 6.54 Å². The van der Waals surface area contributed by atoms with E-state index in [9.17, 15) is 8.42 Å². The Kier molecular flexibility index (Phi) is 6.10. The monoisotopic (exact) mass is 318 g/mol. The molecule has 118 valence electrons. The molecule has 0 saturated heterocycles. The van der Waals surface area contributed by atoms with Crippen molar-refractivity contribution < 1.29 is 8.42 Å². The molecule has 0 fully saturated rings. The Hall–Kier alpha value is -1.72. The standard InChI is InChI=1S/C17H22N2O2S/c1-15-6-4-8-17(12-15)14-22(20,21)19-11-3-2-7-16-9-5-10-18-13-16/h4-6,8-10,12-13,19H,2-3,7,11,14H2,1H3. The van der Waals surface area contributed by atoms with Crippen LogP contribution in [0.15, 0.2) is 48.8 Å². The van der Waals surface area contributed by atoms with Crippen LogP contribution < -0.4 is 4.72 Å². The predicted octanol–water partition coefficient (Wildman–Crippen LogP) is 2.83. The average Bonchev–Trinajstić information content (AvgIpc) is 2.47. The highest BCUT2D eigenvalue weighted by molar-refractivity contribution is 7.88. The van der Waals surface area contributed by atoms with Crippen molar-refractivity contribution in [1.82, 2.24) is 9.71 Å². The molecule has 0 amide bonds. The molecule has 0 radical (unpaired) electrons. The summed E-state index contributed by atoms with van der Waals surface area (Å²) < 4.78 is 26.7. The molecule has 0 unspecified atom stereocenters. The third-order valence-corrected chi connectivity index (χ3v) is 4.73. The van der Waals surface area contributed by atoms with E-state index in [1.165, 1.54) is 5.56 Å². The van der Waals surface area contributed by atoms with E-state index in [-0.39, 0.29) is 5.75 Å². The summed E-state index contributed by atoms with van der Waals surface area (Å²) in [5.74, 6) is 0.0390. The molecule has 0 aliphatic rings. The molecule has 1 aromatic heterocycles. The Bertz CT molecular complexity index is 685. The van der Waals surface area contributed by atoms with Gasteiger partial charge < -0.3 is 0 Å². The summed E-state index contributed by atoms with van der Waals surface area (Å²) in [6.45, 7) is 2.44. The number of aryl methyl sites for hydroxylation is 2. The fraction of sp³-hybridized carbons (Fsp3) is 0.353. The predicted molar refractivity (Wildman–Crippen MR) is 89.0 cm³/mol. The van der Waals surface area contributed by atoms with Crippen molar-refractivity contribution in [3.05, 3.63) is 65.5 Å². The number of pyridine rings is 1. The topological polar surface area (TPSA) is 59.1 Å². The summed E-state index contributed by atoms with van der Waals surface area (Å²) in [6.07, 6.45) is 6.29. The summed E-state index contributed by atoms with van der Waals surface area (Å²) in [6, 6.07) is 11.5. The molecule has 1 N–H and O–H groups in total. The lowest BCUT2D eigenvalue weighted by atomic mass is 10.1. The van der Waals surface area contributed by atoms with Crippen LogP contribution in [-0.4, -0.2) is 19.9 Å². The Balaban J connectivity index is 1.71. The molecular weight excluding hydrogens is 296 g/mol. The van der Waals surface area contributed by atoms with Gasteiger partial charge in [-0.2, -0.15) is 0 Å². The highest BCUT2D eigenvalue weighted by Crippen LogP contribution is 2.08. The summed E-state index contributed by atoms with van der Waals surface area (Å²) in [5.41, 5.74) is 3.08. The first-order valence-corrected chi connectivity index (χ1v) is 9.12. The van der Waals surface area contributed by atoms with E-state index in [2.05, 4.69) is 9.71 Å². The third-order valence-electron chi connectivity index (χ3n) is 3.38. The van der Waals surface area contributed by atoms with E-state index < -0.39 is 10.0 Å². The minimum absolute atomic E-state index is 0.0390. The molecule has 1 aromatic carbocycles. The molecule has 2 aromatic rings. The van der Waals surface area contributed by atoms with Crippen molar-refractivity contribution in [2.75, 3.05) is 6.54 Å². The second-order valence-electron chi connectivity index (χ2n) is 5.46. The number of nitrogens with zero attached hydrogens (tertiary/aromatic N) is 1. The molecule has 2 rings (SSSR count). The molecule has 0 saturated carbocycles. The lowest BCUT2D eigenvalue weighted by Gasteiger charge is -2.07. The third kappa shape index (κ3) is 5.95. The molecule has 0 aliphatic carbocycles. The van der Waals surface area contributed by atoms with Crippen LogP contribution in [-0.2, 0) is 22.2 Å². The molecular formula is C17H22N2O2S. The van der Waals surface area contributed by atoms with E-state index in [4.69, 9.17) is 0 Å². The highest BCUT2D eigenvalue weighted by atomic mass is 32.2. The van der Waals surface area contributed by atoms with Gasteiger partial charge in [-0.3, -0.25) is 4.98 Å². The van der Waals surface area contributed by atoms with Crippen molar-refractivity contribution in [2.45, 2.75) is 31.9 Å². The summed E-state index contributed by atoms with van der Waals surface area (Å²) in [7, 11) is -3.26. The van der Waals surface area contributed by atoms with Gasteiger partial charge in [0.25, 0.3) is 0 Å². The lowest BCUT2D eigenvalue weighted by Crippen LogP contribution is -2.26. The lowest BCUT2D eigenvalue weighted by molar-refractivity contribution is 0.576. The maximum Gasteiger partial charge on any atom is 0.215 e. The zero-order valence-electron chi connectivity index (χ0n) is 12.8. The Morgan fingerprint density at radius 3 is 2.64 bits per heavy atom. The molecule has 4 nitrogen and oxygen atoms in total. The van der Waals surface area contributed by atoms with Gasteiger partial charge in [0.1, 0.15) is 0 Å². The van der Waals surface area contributed by atoms with Gasteiger partial charge in [0, 0.05) is 18.9 Å². The van der Waals surface area contributed by atoms with Crippen LogP contribution in [0.4, 0.5) is 0 Å². The van der Waals surface area contributed by atoms with E-state index in [0.717, 1.165) is 30.4 Å². The number of unbranched alkanes of at least 4 members (excludes halogenated alkanes) is 1. The number of benzene rings is 1. The summed E-state index contributed by atoms with van der Waals surface area (Å²) >= 11 is 0. The van der Waals surface area contributed by atoms with Crippen molar-refractivity contribution in [3.8, 4) is 0 Å². The minimum atomic E-state index is -3.26. The van der Waals surface area contributed by atoms with Gasteiger partial charge in [0.15, 0.2) is 0 Å². The molecule has 0 bridgehead atoms. The van der Waals surface area contributed by atoms with Gasteiger partial charge in [0.2, 0.25) is 10.0 Å². The number of aromatic nitrogens is 1. The number of sulfonamides is 1. The largest absolute Gasteiger partial charge is 0.264 e. The Morgan fingerprint density at radius 1 is 1.09 bits per heavy atom. The smallest absolute Gasteiger partial charge is 0.215 e. The highest BCUT2D eigenvalue weighted by Gasteiger charge is 2.10. The van der Waals surface area contributed by atoms with Gasteiger partial charge in [0.05, 0.1) is 5.75 Å². The first-order chi connectivity index (χ1) is 10.6. The van der Waals surface area contributed by atoms with Crippen molar-refractivity contribution >= 4 is 10.0 Å². The summed E-state index contributed by atoms with van der Waals surface area (Å²) in [5, 5.41) is 0. The van der Waals surface area contributed by atoms with E-state index in [1.807, 2.05) is 49.5 Å². The minimum Gasteiger partial charge on any atom is -0.264 e. The average molecular weight is 318 g/mol. The van der Waals surface area contributed by atoms with Crippen molar-refractivity contribution in [2.24, 2.45) is 0 Å². The normalized spacial score (nSPS) is 11.5. The van der Waals surface area contributed by atoms with Crippen LogP contribution in [0.25, 0.3) is 0 Å². The molecule has 1 heterocycles. The Morgan fingerprint density at radius 2 is 1.91 bits per heavy atom. The fourth-order valence-corrected chi connectivity index (χ4v) is 3.48. The number of hydrogen-bond acceptors (Lipinski definition) is 3. The first kappa shape index (κ1) is 16.6. The molecule has 22 heavy (non-hydrogen) atoms. The van der Waals surface area contributed by atoms with Gasteiger partial charge in [-0.1, -0.05) is 35.9 Å². The zero-order valence-corrected chi connectivity index (χ0v) is 13.6. The maximum atomic E-state index is 12.0. The molecule has 0 atom stereocenters. The maximum absolute atomic E-state index is 12.0. The zero-order chi connectivity index (χ0) is 15.8. The molecule has 0 aliphatic heterocycles.